The molecule has 0 aromatic carbocycles. The monoisotopic (exact) mass is 169 g/mol. The number of anilines is 1. The number of nitrogens with one attached hydrogen (secondary N) is 1. The third-order valence-electron chi connectivity index (χ3n) is 1.46. The first-order chi connectivity index (χ1) is 5.74. The van der Waals surface area contributed by atoms with Crippen molar-refractivity contribution in [3.05, 3.63) is 12.3 Å². The molecule has 66 valence electrons. The van der Waals surface area contributed by atoms with E-state index >= 15 is 0 Å². The van der Waals surface area contributed by atoms with Crippen LogP contribution in [0.1, 0.15) is 0 Å². The molecule has 0 fully saturated rings. The van der Waals surface area contributed by atoms with Gasteiger partial charge in [0.15, 0.2) is 0 Å². The average molecular weight is 169 g/mol. The van der Waals surface area contributed by atoms with Crippen LogP contribution in [0.4, 0.5) is 5.82 Å². The van der Waals surface area contributed by atoms with Crippen molar-refractivity contribution in [1.29, 1.82) is 0 Å². The number of carbonyl (C=O) groups is 1. The fourth-order valence-corrected chi connectivity index (χ4v) is 0.782. The second-order valence-electron chi connectivity index (χ2n) is 2.27. The molecule has 1 rings (SSSR count). The van der Waals surface area contributed by atoms with Gasteiger partial charge in [-0.25, -0.2) is 0 Å². The van der Waals surface area contributed by atoms with E-state index in [-0.39, 0.29) is 12.5 Å². The zero-order valence-electron chi connectivity index (χ0n) is 7.07. The Morgan fingerprint density at radius 3 is 3.08 bits per heavy atom. The van der Waals surface area contributed by atoms with Crippen LogP contribution in [0.5, 0.6) is 0 Å². The molecule has 0 bridgehead atoms. The summed E-state index contributed by atoms with van der Waals surface area (Å²) in [5.41, 5.74) is 0. The van der Waals surface area contributed by atoms with Gasteiger partial charge in [0.05, 0.1) is 13.3 Å². The van der Waals surface area contributed by atoms with Crippen LogP contribution in [0, 0.1) is 0 Å². The number of rotatable bonds is 3. The predicted molar refractivity (Wildman–Crippen MR) is 43.7 cm³/mol. The van der Waals surface area contributed by atoms with Gasteiger partial charge in [-0.05, 0) is 0 Å². The molecule has 0 aliphatic heterocycles. The average Bonchev–Trinajstić information content (AvgIpc) is 2.47. The SMILES string of the molecule is COC(=O)CNc1ccnn1C. The van der Waals surface area contributed by atoms with Crippen LogP contribution in [0.25, 0.3) is 0 Å². The van der Waals surface area contributed by atoms with Crippen LogP contribution in [0.15, 0.2) is 12.3 Å². The Labute approximate surface area is 70.3 Å². The van der Waals surface area contributed by atoms with Crippen molar-refractivity contribution >= 4 is 11.8 Å². The van der Waals surface area contributed by atoms with Crippen LogP contribution in [0.3, 0.4) is 0 Å². The van der Waals surface area contributed by atoms with Gasteiger partial charge in [0.1, 0.15) is 12.4 Å². The van der Waals surface area contributed by atoms with E-state index in [1.54, 1.807) is 24.0 Å². The summed E-state index contributed by atoms with van der Waals surface area (Å²) >= 11 is 0. The minimum atomic E-state index is -0.295. The summed E-state index contributed by atoms with van der Waals surface area (Å²) in [6.45, 7) is 0.163. The van der Waals surface area contributed by atoms with Crippen molar-refractivity contribution in [3.8, 4) is 0 Å². The molecule has 0 saturated carbocycles. The molecule has 0 atom stereocenters. The van der Waals surface area contributed by atoms with E-state index in [0.29, 0.717) is 0 Å². The van der Waals surface area contributed by atoms with E-state index in [4.69, 9.17) is 0 Å². The Morgan fingerprint density at radius 2 is 2.58 bits per heavy atom. The van der Waals surface area contributed by atoms with Crippen molar-refractivity contribution in [2.75, 3.05) is 19.0 Å². The normalized spacial score (nSPS) is 9.50. The van der Waals surface area contributed by atoms with Crippen molar-refractivity contribution in [2.45, 2.75) is 0 Å². The molecule has 0 saturated heterocycles. The molecule has 0 unspecified atom stereocenters. The van der Waals surface area contributed by atoms with Crippen molar-refractivity contribution in [3.63, 3.8) is 0 Å². The van der Waals surface area contributed by atoms with Gasteiger partial charge >= 0.3 is 5.97 Å². The lowest BCUT2D eigenvalue weighted by molar-refractivity contribution is -0.138. The summed E-state index contributed by atoms with van der Waals surface area (Å²) < 4.78 is 6.10. The standard InChI is InChI=1S/C7H11N3O2/c1-10-6(3-4-9-10)8-5-7(11)12-2/h3-4,8H,5H2,1-2H3. The third kappa shape index (κ3) is 1.98. The maximum absolute atomic E-state index is 10.7. The van der Waals surface area contributed by atoms with Gasteiger partial charge < -0.3 is 10.1 Å². The molecule has 0 spiro atoms. The van der Waals surface area contributed by atoms with E-state index in [9.17, 15) is 4.79 Å². The van der Waals surface area contributed by atoms with Crippen molar-refractivity contribution in [2.24, 2.45) is 7.05 Å². The molecule has 0 radical (unpaired) electrons. The number of hydrogen-bond acceptors (Lipinski definition) is 4. The number of ether oxygens (including phenoxy) is 1. The van der Waals surface area contributed by atoms with E-state index in [1.165, 1.54) is 7.11 Å². The van der Waals surface area contributed by atoms with Crippen LogP contribution in [-0.2, 0) is 16.6 Å². The highest BCUT2D eigenvalue weighted by Gasteiger charge is 2.01. The summed E-state index contributed by atoms with van der Waals surface area (Å²) in [4.78, 5) is 10.7. The largest absolute Gasteiger partial charge is 0.468 e. The number of hydrogen-bond donors (Lipinski definition) is 1. The summed E-state index contributed by atoms with van der Waals surface area (Å²) in [6.07, 6.45) is 1.65. The minimum absolute atomic E-state index is 0.163. The Balaban J connectivity index is 2.43. The third-order valence-corrected chi connectivity index (χ3v) is 1.46. The molecule has 1 aromatic heterocycles. The van der Waals surface area contributed by atoms with Gasteiger partial charge in [-0.2, -0.15) is 5.10 Å². The molecule has 1 N–H and O–H groups in total. The molecule has 0 aliphatic carbocycles. The summed E-state index contributed by atoms with van der Waals surface area (Å²) in [5.74, 6) is 0.497. The highest BCUT2D eigenvalue weighted by molar-refractivity contribution is 5.74. The Morgan fingerprint density at radius 1 is 1.83 bits per heavy atom. The zero-order valence-corrected chi connectivity index (χ0v) is 7.07. The highest BCUT2D eigenvalue weighted by atomic mass is 16.5. The van der Waals surface area contributed by atoms with Crippen LogP contribution in [-0.4, -0.2) is 29.4 Å². The topological polar surface area (TPSA) is 56.1 Å². The second-order valence-corrected chi connectivity index (χ2v) is 2.27. The number of carbonyl (C=O) groups excluding carboxylic acids is 1. The molecular formula is C7H11N3O2. The molecule has 0 aliphatic rings. The molecule has 12 heavy (non-hydrogen) atoms. The van der Waals surface area contributed by atoms with E-state index in [2.05, 4.69) is 15.2 Å². The Kier molecular flexibility index (Phi) is 2.68. The van der Waals surface area contributed by atoms with Crippen LogP contribution < -0.4 is 5.32 Å². The summed E-state index contributed by atoms with van der Waals surface area (Å²) in [6, 6.07) is 1.78. The molecule has 5 heteroatoms. The summed E-state index contributed by atoms with van der Waals surface area (Å²) in [7, 11) is 3.15. The van der Waals surface area contributed by atoms with Gasteiger partial charge in [0.2, 0.25) is 0 Å². The van der Waals surface area contributed by atoms with Gasteiger partial charge in [-0.3, -0.25) is 9.48 Å². The lowest BCUT2D eigenvalue weighted by Gasteiger charge is -2.03. The van der Waals surface area contributed by atoms with Gasteiger partial charge in [0, 0.05) is 13.1 Å². The molecule has 1 aromatic rings. The fraction of sp³-hybridized carbons (Fsp3) is 0.429. The molecular weight excluding hydrogens is 158 g/mol. The molecule has 5 nitrogen and oxygen atoms in total. The maximum atomic E-state index is 10.7. The Bertz CT molecular complexity index is 269. The van der Waals surface area contributed by atoms with E-state index < -0.39 is 0 Å². The maximum Gasteiger partial charge on any atom is 0.325 e. The lowest BCUT2D eigenvalue weighted by Crippen LogP contribution is -2.16. The van der Waals surface area contributed by atoms with Gasteiger partial charge in [-0.1, -0.05) is 0 Å². The highest BCUT2D eigenvalue weighted by Crippen LogP contribution is 2.01. The zero-order chi connectivity index (χ0) is 8.97. The predicted octanol–water partition coefficient (Wildman–Crippen LogP) is 0.00500. The second kappa shape index (κ2) is 3.75. The number of methoxy groups -OCH3 is 1. The quantitative estimate of drug-likeness (QED) is 0.647. The first kappa shape index (κ1) is 8.58. The number of aryl methyl sites for hydroxylation is 1. The first-order valence-corrected chi connectivity index (χ1v) is 3.52. The van der Waals surface area contributed by atoms with E-state index in [1.807, 2.05) is 0 Å². The summed E-state index contributed by atoms with van der Waals surface area (Å²) in [5, 5.41) is 6.79. The molecule has 0 amide bonds. The fourth-order valence-electron chi connectivity index (χ4n) is 0.782. The number of esters is 1. The van der Waals surface area contributed by atoms with Crippen molar-refractivity contribution in [1.82, 2.24) is 9.78 Å². The van der Waals surface area contributed by atoms with Gasteiger partial charge in [0.25, 0.3) is 0 Å². The van der Waals surface area contributed by atoms with Crippen LogP contribution >= 0.6 is 0 Å². The van der Waals surface area contributed by atoms with Crippen molar-refractivity contribution < 1.29 is 9.53 Å². The van der Waals surface area contributed by atoms with Gasteiger partial charge in [-0.15, -0.1) is 0 Å². The lowest BCUT2D eigenvalue weighted by atomic mass is 10.5. The molecule has 1 heterocycles. The van der Waals surface area contributed by atoms with Crippen LogP contribution in [0.2, 0.25) is 0 Å². The van der Waals surface area contributed by atoms with E-state index in [0.717, 1.165) is 5.82 Å². The number of nitrogens with zero attached hydrogens (tertiary/aromatic N) is 2. The number of aromatic nitrogens is 2. The first-order valence-electron chi connectivity index (χ1n) is 3.52. The Hall–Kier alpha value is -1.52. The smallest absolute Gasteiger partial charge is 0.325 e. The minimum Gasteiger partial charge on any atom is -0.468 e.